The first kappa shape index (κ1) is 11.5. The van der Waals surface area contributed by atoms with Crippen LogP contribution in [0.15, 0.2) is 59.9 Å². The molecule has 3 aromatic rings. The summed E-state index contributed by atoms with van der Waals surface area (Å²) >= 11 is 0. The molecular weight excluding hydrogens is 240 g/mol. The van der Waals surface area contributed by atoms with Gasteiger partial charge in [-0.05, 0) is 23.8 Å². The highest BCUT2D eigenvalue weighted by Crippen LogP contribution is 2.13. The van der Waals surface area contributed by atoms with Crippen molar-refractivity contribution in [2.75, 3.05) is 5.32 Å². The van der Waals surface area contributed by atoms with E-state index in [1.807, 2.05) is 18.2 Å². The van der Waals surface area contributed by atoms with Crippen molar-refractivity contribution in [1.82, 2.24) is 14.8 Å². The number of benzene rings is 1. The molecule has 0 spiro atoms. The Morgan fingerprint density at radius 2 is 2.21 bits per heavy atom. The molecule has 0 aliphatic carbocycles. The maximum Gasteiger partial charge on any atom is 0.137 e. The zero-order valence-corrected chi connectivity index (χ0v) is 10.4. The molecule has 1 aromatic carbocycles. The van der Waals surface area contributed by atoms with Gasteiger partial charge in [-0.1, -0.05) is 12.1 Å². The fourth-order valence-electron chi connectivity index (χ4n) is 1.88. The van der Waals surface area contributed by atoms with Crippen molar-refractivity contribution in [3.63, 3.8) is 0 Å². The first-order valence-electron chi connectivity index (χ1n) is 6.06. The van der Waals surface area contributed by atoms with Crippen LogP contribution >= 0.6 is 0 Å². The standard InChI is InChI=1S/C14H14N4O/c1-2-12(8-18-11-15-10-17-18)6-14(3-1)16-7-13-4-5-19-9-13/h1-6,9-11,16H,7-8H2. The lowest BCUT2D eigenvalue weighted by atomic mass is 10.2. The highest BCUT2D eigenvalue weighted by Gasteiger charge is 1.99. The van der Waals surface area contributed by atoms with Gasteiger partial charge in [0.1, 0.15) is 12.7 Å². The van der Waals surface area contributed by atoms with E-state index in [0.717, 1.165) is 24.3 Å². The molecular formula is C14H14N4O. The highest BCUT2D eigenvalue weighted by molar-refractivity contribution is 5.46. The molecule has 5 nitrogen and oxygen atoms in total. The number of rotatable bonds is 5. The van der Waals surface area contributed by atoms with Crippen LogP contribution in [0.25, 0.3) is 0 Å². The predicted molar refractivity (Wildman–Crippen MR) is 71.6 cm³/mol. The van der Waals surface area contributed by atoms with Crippen LogP contribution in [-0.4, -0.2) is 14.8 Å². The van der Waals surface area contributed by atoms with Crippen molar-refractivity contribution < 1.29 is 4.42 Å². The third-order valence-electron chi connectivity index (χ3n) is 2.81. The molecule has 0 aliphatic rings. The first-order chi connectivity index (χ1) is 9.40. The summed E-state index contributed by atoms with van der Waals surface area (Å²) in [5.41, 5.74) is 3.39. The van der Waals surface area contributed by atoms with E-state index in [-0.39, 0.29) is 0 Å². The van der Waals surface area contributed by atoms with E-state index < -0.39 is 0 Å². The second kappa shape index (κ2) is 5.39. The second-order valence-corrected chi connectivity index (χ2v) is 4.28. The minimum absolute atomic E-state index is 0.723. The average molecular weight is 254 g/mol. The van der Waals surface area contributed by atoms with E-state index in [2.05, 4.69) is 27.5 Å². The number of nitrogens with one attached hydrogen (secondary N) is 1. The highest BCUT2D eigenvalue weighted by atomic mass is 16.3. The van der Waals surface area contributed by atoms with Gasteiger partial charge in [-0.25, -0.2) is 9.67 Å². The summed E-state index contributed by atoms with van der Waals surface area (Å²) in [6.07, 6.45) is 6.68. The number of nitrogens with zero attached hydrogens (tertiary/aromatic N) is 3. The normalized spacial score (nSPS) is 10.5. The van der Waals surface area contributed by atoms with Crippen molar-refractivity contribution in [2.24, 2.45) is 0 Å². The van der Waals surface area contributed by atoms with E-state index in [9.17, 15) is 0 Å². The van der Waals surface area contributed by atoms with E-state index in [1.54, 1.807) is 29.9 Å². The van der Waals surface area contributed by atoms with E-state index in [1.165, 1.54) is 5.56 Å². The summed E-state index contributed by atoms with van der Waals surface area (Å²) < 4.78 is 6.84. The summed E-state index contributed by atoms with van der Waals surface area (Å²) in [5, 5.41) is 7.46. The second-order valence-electron chi connectivity index (χ2n) is 4.28. The summed E-state index contributed by atoms with van der Waals surface area (Å²) in [6, 6.07) is 10.2. The molecule has 3 rings (SSSR count). The molecule has 96 valence electrons. The van der Waals surface area contributed by atoms with Gasteiger partial charge in [-0.2, -0.15) is 5.10 Å². The Morgan fingerprint density at radius 1 is 1.21 bits per heavy atom. The molecule has 0 amide bonds. The quantitative estimate of drug-likeness (QED) is 0.760. The maximum absolute atomic E-state index is 5.04. The van der Waals surface area contributed by atoms with Gasteiger partial charge >= 0.3 is 0 Å². The summed E-state index contributed by atoms with van der Waals surface area (Å²) in [6.45, 7) is 1.48. The molecule has 0 saturated carbocycles. The molecule has 1 N–H and O–H groups in total. The Labute approximate surface area is 110 Å². The average Bonchev–Trinajstić information content (AvgIpc) is 3.10. The number of aromatic nitrogens is 3. The van der Waals surface area contributed by atoms with Crippen LogP contribution in [0.1, 0.15) is 11.1 Å². The fourth-order valence-corrected chi connectivity index (χ4v) is 1.88. The van der Waals surface area contributed by atoms with Crippen LogP contribution in [0.4, 0.5) is 5.69 Å². The van der Waals surface area contributed by atoms with Gasteiger partial charge in [0, 0.05) is 17.8 Å². The number of hydrogen-bond donors (Lipinski definition) is 1. The van der Waals surface area contributed by atoms with Crippen molar-refractivity contribution in [3.05, 3.63) is 66.6 Å². The van der Waals surface area contributed by atoms with Gasteiger partial charge in [0.15, 0.2) is 0 Å². The number of anilines is 1. The molecule has 0 bridgehead atoms. The van der Waals surface area contributed by atoms with Crippen molar-refractivity contribution in [1.29, 1.82) is 0 Å². The Kier molecular flexibility index (Phi) is 3.27. The zero-order chi connectivity index (χ0) is 12.9. The SMILES string of the molecule is c1cc(Cn2cncn2)cc(NCc2ccoc2)c1. The molecule has 0 unspecified atom stereocenters. The summed E-state index contributed by atoms with van der Waals surface area (Å²) in [7, 11) is 0. The van der Waals surface area contributed by atoms with E-state index >= 15 is 0 Å². The Hall–Kier alpha value is -2.56. The Balaban J connectivity index is 1.66. The Morgan fingerprint density at radius 3 is 3.00 bits per heavy atom. The van der Waals surface area contributed by atoms with Gasteiger partial charge in [0.05, 0.1) is 19.1 Å². The van der Waals surface area contributed by atoms with Gasteiger partial charge in [0.25, 0.3) is 0 Å². The van der Waals surface area contributed by atoms with Crippen LogP contribution in [-0.2, 0) is 13.1 Å². The largest absolute Gasteiger partial charge is 0.472 e. The zero-order valence-electron chi connectivity index (χ0n) is 10.4. The van der Waals surface area contributed by atoms with Crippen molar-refractivity contribution >= 4 is 5.69 Å². The molecule has 5 heteroatoms. The van der Waals surface area contributed by atoms with E-state index in [4.69, 9.17) is 4.42 Å². The molecule has 0 radical (unpaired) electrons. The molecule has 0 saturated heterocycles. The van der Waals surface area contributed by atoms with E-state index in [0.29, 0.717) is 0 Å². The third-order valence-corrected chi connectivity index (χ3v) is 2.81. The van der Waals surface area contributed by atoms with Crippen molar-refractivity contribution in [3.8, 4) is 0 Å². The van der Waals surface area contributed by atoms with Gasteiger partial charge in [-0.3, -0.25) is 0 Å². The van der Waals surface area contributed by atoms with Gasteiger partial charge < -0.3 is 9.73 Å². The molecule has 0 aliphatic heterocycles. The van der Waals surface area contributed by atoms with Crippen molar-refractivity contribution in [2.45, 2.75) is 13.1 Å². The molecule has 0 fully saturated rings. The van der Waals surface area contributed by atoms with Crippen LogP contribution in [0.3, 0.4) is 0 Å². The summed E-state index contributed by atoms with van der Waals surface area (Å²) in [5.74, 6) is 0. The topological polar surface area (TPSA) is 55.9 Å². The Bertz CT molecular complexity index is 617. The molecule has 19 heavy (non-hydrogen) atoms. The lowest BCUT2D eigenvalue weighted by molar-refractivity contribution is 0.564. The monoisotopic (exact) mass is 254 g/mol. The minimum Gasteiger partial charge on any atom is -0.472 e. The maximum atomic E-state index is 5.04. The minimum atomic E-state index is 0.723. The number of hydrogen-bond acceptors (Lipinski definition) is 4. The smallest absolute Gasteiger partial charge is 0.137 e. The lowest BCUT2D eigenvalue weighted by Crippen LogP contribution is -2.02. The lowest BCUT2D eigenvalue weighted by Gasteiger charge is -2.07. The van der Waals surface area contributed by atoms with Gasteiger partial charge in [-0.15, -0.1) is 0 Å². The molecule has 2 heterocycles. The number of furan rings is 1. The predicted octanol–water partition coefficient (Wildman–Crippen LogP) is 2.53. The first-order valence-corrected chi connectivity index (χ1v) is 6.06. The van der Waals surface area contributed by atoms with Gasteiger partial charge in [0.2, 0.25) is 0 Å². The van der Waals surface area contributed by atoms with Crippen LogP contribution < -0.4 is 5.32 Å². The fraction of sp³-hybridized carbons (Fsp3) is 0.143. The van der Waals surface area contributed by atoms with Crippen LogP contribution in [0, 0.1) is 0 Å². The summed E-state index contributed by atoms with van der Waals surface area (Å²) in [4.78, 5) is 3.94. The molecule has 2 aromatic heterocycles. The van der Waals surface area contributed by atoms with Crippen LogP contribution in [0.5, 0.6) is 0 Å². The molecule has 0 atom stereocenters. The van der Waals surface area contributed by atoms with Crippen LogP contribution in [0.2, 0.25) is 0 Å². The third kappa shape index (κ3) is 3.01.